The maximum Gasteiger partial charge on any atom is 0.163 e. The van der Waals surface area contributed by atoms with Crippen molar-refractivity contribution in [1.82, 2.24) is 0 Å². The molecule has 0 aromatic carbocycles. The first kappa shape index (κ1) is 7.06. The lowest BCUT2D eigenvalue weighted by molar-refractivity contribution is -0.114. The second-order valence-corrected chi connectivity index (χ2v) is 2.27. The molecule has 0 saturated carbocycles. The quantitative estimate of drug-likeness (QED) is 0.548. The Labute approximate surface area is 60.2 Å². The van der Waals surface area contributed by atoms with E-state index in [1.54, 1.807) is 7.11 Å². The van der Waals surface area contributed by atoms with E-state index in [-0.39, 0.29) is 5.78 Å². The lowest BCUT2D eigenvalue weighted by Crippen LogP contribution is -2.02. The first-order valence-electron chi connectivity index (χ1n) is 3.19. The van der Waals surface area contributed by atoms with Gasteiger partial charge < -0.3 is 4.74 Å². The fraction of sp³-hybridized carbons (Fsp3) is 0.375. The number of rotatable bonds is 1. The van der Waals surface area contributed by atoms with Gasteiger partial charge in [-0.15, -0.1) is 0 Å². The molecule has 0 saturated heterocycles. The van der Waals surface area contributed by atoms with Crippen LogP contribution in [0.5, 0.6) is 0 Å². The Morgan fingerprint density at radius 2 is 2.30 bits per heavy atom. The summed E-state index contributed by atoms with van der Waals surface area (Å²) in [7, 11) is 1.57. The minimum atomic E-state index is 0.113. The van der Waals surface area contributed by atoms with Crippen LogP contribution in [0.1, 0.15) is 13.3 Å². The third kappa shape index (κ3) is 1.26. The minimum Gasteiger partial charge on any atom is -0.496 e. The van der Waals surface area contributed by atoms with E-state index in [0.717, 1.165) is 5.57 Å². The summed E-state index contributed by atoms with van der Waals surface area (Å²) in [6, 6.07) is 0. The van der Waals surface area contributed by atoms with Crippen LogP contribution < -0.4 is 0 Å². The number of hydrogen-bond acceptors (Lipinski definition) is 2. The molecule has 0 bridgehead atoms. The van der Waals surface area contributed by atoms with Crippen molar-refractivity contribution in [1.29, 1.82) is 0 Å². The first-order valence-corrected chi connectivity index (χ1v) is 3.19. The van der Waals surface area contributed by atoms with Gasteiger partial charge in [-0.2, -0.15) is 0 Å². The second-order valence-electron chi connectivity index (χ2n) is 2.27. The first-order chi connectivity index (χ1) is 4.74. The Hall–Kier alpha value is -1.05. The number of carbonyl (C=O) groups is 1. The zero-order chi connectivity index (χ0) is 7.56. The van der Waals surface area contributed by atoms with Crippen molar-refractivity contribution >= 4 is 5.78 Å². The highest BCUT2D eigenvalue weighted by Crippen LogP contribution is 2.15. The van der Waals surface area contributed by atoms with Crippen LogP contribution in [0.25, 0.3) is 0 Å². The van der Waals surface area contributed by atoms with Crippen LogP contribution in [0, 0.1) is 0 Å². The van der Waals surface area contributed by atoms with Crippen molar-refractivity contribution in [2.75, 3.05) is 7.11 Å². The Kier molecular flexibility index (Phi) is 1.90. The van der Waals surface area contributed by atoms with Gasteiger partial charge in [0.15, 0.2) is 5.78 Å². The molecular formula is C8H10O2. The summed E-state index contributed by atoms with van der Waals surface area (Å²) in [5.41, 5.74) is 1.04. The molecule has 0 unspecified atom stereocenters. The van der Waals surface area contributed by atoms with Crippen molar-refractivity contribution in [2.45, 2.75) is 13.3 Å². The van der Waals surface area contributed by atoms with Gasteiger partial charge in [0, 0.05) is 12.5 Å². The van der Waals surface area contributed by atoms with E-state index in [4.69, 9.17) is 4.74 Å². The minimum absolute atomic E-state index is 0.113. The number of hydrogen-bond donors (Lipinski definition) is 0. The lowest BCUT2D eigenvalue weighted by atomic mass is 10.1. The predicted octanol–water partition coefficient (Wildman–Crippen LogP) is 1.44. The smallest absolute Gasteiger partial charge is 0.163 e. The average molecular weight is 138 g/mol. The molecule has 2 nitrogen and oxygen atoms in total. The number of allylic oxidation sites excluding steroid dienone is 3. The Morgan fingerprint density at radius 1 is 1.60 bits per heavy atom. The normalized spacial score (nSPS) is 18.0. The molecule has 10 heavy (non-hydrogen) atoms. The lowest BCUT2D eigenvalue weighted by Gasteiger charge is -2.09. The van der Waals surface area contributed by atoms with Gasteiger partial charge in [-0.25, -0.2) is 0 Å². The summed E-state index contributed by atoms with van der Waals surface area (Å²) in [4.78, 5) is 10.8. The van der Waals surface area contributed by atoms with E-state index >= 15 is 0 Å². The zero-order valence-electron chi connectivity index (χ0n) is 6.18. The van der Waals surface area contributed by atoms with Crippen LogP contribution >= 0.6 is 0 Å². The Balaban J connectivity index is 2.84. The predicted molar refractivity (Wildman–Crippen MR) is 38.5 cm³/mol. The van der Waals surface area contributed by atoms with Gasteiger partial charge in [0.25, 0.3) is 0 Å². The van der Waals surface area contributed by atoms with Gasteiger partial charge in [-0.3, -0.25) is 4.79 Å². The fourth-order valence-electron chi connectivity index (χ4n) is 0.893. The van der Waals surface area contributed by atoms with Gasteiger partial charge >= 0.3 is 0 Å². The Bertz CT molecular complexity index is 211. The largest absolute Gasteiger partial charge is 0.496 e. The summed E-state index contributed by atoms with van der Waals surface area (Å²) in [6.07, 6.45) is 3.93. The van der Waals surface area contributed by atoms with E-state index in [9.17, 15) is 4.79 Å². The molecule has 0 heterocycles. The molecule has 0 spiro atoms. The average Bonchev–Trinajstić information content (AvgIpc) is 1.94. The van der Waals surface area contributed by atoms with Crippen molar-refractivity contribution in [3.05, 3.63) is 23.5 Å². The van der Waals surface area contributed by atoms with Gasteiger partial charge in [-0.05, 0) is 12.5 Å². The van der Waals surface area contributed by atoms with Crippen LogP contribution in [-0.2, 0) is 9.53 Å². The van der Waals surface area contributed by atoms with Crippen molar-refractivity contribution in [3.8, 4) is 0 Å². The molecule has 0 aromatic heterocycles. The summed E-state index contributed by atoms with van der Waals surface area (Å²) in [6.45, 7) is 1.93. The maximum atomic E-state index is 10.8. The summed E-state index contributed by atoms with van der Waals surface area (Å²) in [5.74, 6) is 0.804. The van der Waals surface area contributed by atoms with Crippen molar-refractivity contribution < 1.29 is 9.53 Å². The number of carbonyl (C=O) groups excluding carboxylic acids is 1. The molecule has 0 radical (unpaired) electrons. The van der Waals surface area contributed by atoms with Crippen LogP contribution in [0.2, 0.25) is 0 Å². The number of ketones is 1. The molecule has 0 atom stereocenters. The highest BCUT2D eigenvalue weighted by molar-refractivity contribution is 5.93. The van der Waals surface area contributed by atoms with E-state index in [1.807, 2.05) is 13.0 Å². The molecule has 1 aliphatic carbocycles. The van der Waals surface area contributed by atoms with Crippen LogP contribution in [-0.4, -0.2) is 12.9 Å². The summed E-state index contributed by atoms with van der Waals surface area (Å²) in [5, 5.41) is 0. The van der Waals surface area contributed by atoms with Crippen molar-refractivity contribution in [3.63, 3.8) is 0 Å². The summed E-state index contributed by atoms with van der Waals surface area (Å²) >= 11 is 0. The topological polar surface area (TPSA) is 26.3 Å². The molecule has 0 fully saturated rings. The maximum absolute atomic E-state index is 10.8. The highest BCUT2D eigenvalue weighted by Gasteiger charge is 2.08. The van der Waals surface area contributed by atoms with Crippen molar-refractivity contribution in [2.24, 2.45) is 0 Å². The molecule has 2 heteroatoms. The number of methoxy groups -OCH3 is 1. The van der Waals surface area contributed by atoms with E-state index in [0.29, 0.717) is 12.2 Å². The standard InChI is InChI=1S/C8H10O2/c1-6-3-4-7(9)5-8(6)10-2/h3,5H,4H2,1-2H3. The molecule has 0 amide bonds. The molecule has 0 aliphatic heterocycles. The monoisotopic (exact) mass is 138 g/mol. The van der Waals surface area contributed by atoms with Crippen LogP contribution in [0.3, 0.4) is 0 Å². The molecule has 1 rings (SSSR count). The molecular weight excluding hydrogens is 128 g/mol. The van der Waals surface area contributed by atoms with Gasteiger partial charge in [0.05, 0.1) is 7.11 Å². The molecule has 54 valence electrons. The molecule has 0 aromatic rings. The van der Waals surface area contributed by atoms with E-state index in [1.165, 1.54) is 6.08 Å². The van der Waals surface area contributed by atoms with Gasteiger partial charge in [0.2, 0.25) is 0 Å². The van der Waals surface area contributed by atoms with Gasteiger partial charge in [0.1, 0.15) is 5.76 Å². The third-order valence-corrected chi connectivity index (χ3v) is 1.51. The second kappa shape index (κ2) is 2.69. The SMILES string of the molecule is COC1=CC(=O)CC=C1C. The molecule has 1 aliphatic rings. The fourth-order valence-corrected chi connectivity index (χ4v) is 0.893. The van der Waals surface area contributed by atoms with E-state index in [2.05, 4.69) is 0 Å². The van der Waals surface area contributed by atoms with Gasteiger partial charge in [-0.1, -0.05) is 6.08 Å². The highest BCUT2D eigenvalue weighted by atomic mass is 16.5. The third-order valence-electron chi connectivity index (χ3n) is 1.51. The van der Waals surface area contributed by atoms with Crippen LogP contribution in [0.4, 0.5) is 0 Å². The number of ether oxygens (including phenoxy) is 1. The zero-order valence-corrected chi connectivity index (χ0v) is 6.18. The van der Waals surface area contributed by atoms with Crippen LogP contribution in [0.15, 0.2) is 23.5 Å². The Morgan fingerprint density at radius 3 is 2.80 bits per heavy atom. The molecule has 0 N–H and O–H groups in total. The summed E-state index contributed by atoms with van der Waals surface area (Å²) < 4.78 is 4.95. The van der Waals surface area contributed by atoms with E-state index < -0.39 is 0 Å².